The summed E-state index contributed by atoms with van der Waals surface area (Å²) in [7, 11) is 0. The number of carbonyl (C=O) groups excluding carboxylic acids is 1. The fraction of sp³-hybridized carbons (Fsp3) is 0.300. The topological polar surface area (TPSA) is 52.9 Å². The molecule has 0 saturated carbocycles. The minimum atomic E-state index is -0.222. The zero-order valence-corrected chi connectivity index (χ0v) is 15.4. The molecule has 0 unspecified atom stereocenters. The average molecular weight is 371 g/mol. The Balaban J connectivity index is 1.75. The third-order valence-corrected chi connectivity index (χ3v) is 5.78. The zero-order chi connectivity index (χ0) is 17.6. The van der Waals surface area contributed by atoms with Crippen molar-refractivity contribution in [3.63, 3.8) is 0 Å². The lowest BCUT2D eigenvalue weighted by molar-refractivity contribution is -0.111. The number of carbonyl (C=O) groups is 1. The Kier molecular flexibility index (Phi) is 5.91. The number of fused-ring (bicyclic) bond motifs is 1. The molecule has 0 bridgehead atoms. The first-order valence-electron chi connectivity index (χ1n) is 8.46. The Hall–Kier alpha value is -2.09. The van der Waals surface area contributed by atoms with E-state index in [9.17, 15) is 10.1 Å². The average Bonchev–Trinajstić information content (AvgIpc) is 2.90. The number of hydrogen-bond donors (Lipinski definition) is 1. The first kappa shape index (κ1) is 17.7. The van der Waals surface area contributed by atoms with Crippen molar-refractivity contribution >= 4 is 39.9 Å². The smallest absolute Gasteiger partial charge is 0.249 e. The highest BCUT2D eigenvalue weighted by Gasteiger charge is 2.19. The Bertz CT molecular complexity index is 831. The van der Waals surface area contributed by atoms with Crippen molar-refractivity contribution in [2.75, 3.05) is 5.32 Å². The van der Waals surface area contributed by atoms with E-state index in [-0.39, 0.29) is 5.91 Å². The highest BCUT2D eigenvalue weighted by atomic mass is 35.5. The highest BCUT2D eigenvalue weighted by molar-refractivity contribution is 7.16. The number of thiophene rings is 1. The van der Waals surface area contributed by atoms with Gasteiger partial charge in [-0.15, -0.1) is 11.3 Å². The van der Waals surface area contributed by atoms with Gasteiger partial charge in [0.05, 0.1) is 5.56 Å². The molecule has 1 aliphatic rings. The lowest BCUT2D eigenvalue weighted by Gasteiger charge is -2.08. The fourth-order valence-corrected chi connectivity index (χ4v) is 4.39. The fourth-order valence-electron chi connectivity index (χ4n) is 3.03. The van der Waals surface area contributed by atoms with Crippen LogP contribution < -0.4 is 5.32 Å². The van der Waals surface area contributed by atoms with Gasteiger partial charge >= 0.3 is 0 Å². The van der Waals surface area contributed by atoms with Gasteiger partial charge in [-0.3, -0.25) is 4.79 Å². The minimum Gasteiger partial charge on any atom is -0.313 e. The van der Waals surface area contributed by atoms with Crippen molar-refractivity contribution in [1.82, 2.24) is 0 Å². The molecule has 1 N–H and O–H groups in total. The monoisotopic (exact) mass is 370 g/mol. The maximum absolute atomic E-state index is 12.2. The molecular weight excluding hydrogens is 352 g/mol. The molecule has 128 valence electrons. The van der Waals surface area contributed by atoms with Crippen LogP contribution in [0.4, 0.5) is 5.00 Å². The molecule has 0 aliphatic heterocycles. The molecule has 0 spiro atoms. The molecule has 0 saturated heterocycles. The molecule has 0 fully saturated rings. The van der Waals surface area contributed by atoms with Crippen molar-refractivity contribution in [3.8, 4) is 6.07 Å². The standard InChI is InChI=1S/C20H19ClN2OS/c21-15-10-7-14(8-11-15)9-12-19(24)23-20-17(13-22)16-5-3-1-2-4-6-18(16)25-20/h7-12H,1-6H2,(H,23,24). The van der Waals surface area contributed by atoms with Crippen molar-refractivity contribution in [2.24, 2.45) is 0 Å². The third kappa shape index (κ3) is 4.50. The maximum Gasteiger partial charge on any atom is 0.249 e. The van der Waals surface area contributed by atoms with Crippen molar-refractivity contribution in [2.45, 2.75) is 38.5 Å². The molecule has 25 heavy (non-hydrogen) atoms. The predicted octanol–water partition coefficient (Wildman–Crippen LogP) is 5.58. The summed E-state index contributed by atoms with van der Waals surface area (Å²) in [4.78, 5) is 13.5. The molecule has 0 radical (unpaired) electrons. The van der Waals surface area contributed by atoms with Crippen LogP contribution in [0.5, 0.6) is 0 Å². The highest BCUT2D eigenvalue weighted by Crippen LogP contribution is 2.36. The summed E-state index contributed by atoms with van der Waals surface area (Å²) < 4.78 is 0. The van der Waals surface area contributed by atoms with Gasteiger partial charge in [0, 0.05) is 16.0 Å². The number of rotatable bonds is 3. The van der Waals surface area contributed by atoms with Crippen molar-refractivity contribution < 1.29 is 4.79 Å². The molecule has 3 rings (SSSR count). The largest absolute Gasteiger partial charge is 0.313 e. The number of hydrogen-bond acceptors (Lipinski definition) is 3. The summed E-state index contributed by atoms with van der Waals surface area (Å²) in [5.74, 6) is -0.222. The molecule has 2 aromatic rings. The molecular formula is C20H19ClN2OS. The summed E-state index contributed by atoms with van der Waals surface area (Å²) >= 11 is 7.41. The number of nitriles is 1. The van der Waals surface area contributed by atoms with E-state index in [1.54, 1.807) is 29.5 Å². The Morgan fingerprint density at radius 1 is 1.16 bits per heavy atom. The third-order valence-electron chi connectivity index (χ3n) is 4.32. The van der Waals surface area contributed by atoms with E-state index in [0.717, 1.165) is 36.8 Å². The SMILES string of the molecule is N#Cc1c(NC(=O)C=Cc2ccc(Cl)cc2)sc2c1CCCCCC2. The van der Waals surface area contributed by atoms with Gasteiger partial charge in [0.2, 0.25) is 5.91 Å². The number of nitrogens with one attached hydrogen (secondary N) is 1. The van der Waals surface area contributed by atoms with Gasteiger partial charge in [-0.25, -0.2) is 0 Å². The lowest BCUT2D eigenvalue weighted by Crippen LogP contribution is -2.07. The molecule has 1 amide bonds. The second kappa shape index (κ2) is 8.33. The molecule has 1 aromatic carbocycles. The van der Waals surface area contributed by atoms with E-state index in [1.807, 2.05) is 12.1 Å². The lowest BCUT2D eigenvalue weighted by atomic mass is 9.97. The summed E-state index contributed by atoms with van der Waals surface area (Å²) in [6, 6.07) is 9.56. The van der Waals surface area contributed by atoms with Crippen LogP contribution in [0.15, 0.2) is 30.3 Å². The molecule has 5 heteroatoms. The number of benzene rings is 1. The Labute approximate surface area is 156 Å². The number of halogens is 1. The normalized spacial score (nSPS) is 14.4. The van der Waals surface area contributed by atoms with Crippen LogP contribution in [0.1, 0.15) is 47.3 Å². The van der Waals surface area contributed by atoms with E-state index in [0.29, 0.717) is 15.6 Å². The van der Waals surface area contributed by atoms with Gasteiger partial charge in [0.15, 0.2) is 0 Å². The maximum atomic E-state index is 12.2. The number of amides is 1. The van der Waals surface area contributed by atoms with Gasteiger partial charge in [-0.2, -0.15) is 5.26 Å². The minimum absolute atomic E-state index is 0.222. The van der Waals surface area contributed by atoms with Crippen LogP contribution in [0.3, 0.4) is 0 Å². The summed E-state index contributed by atoms with van der Waals surface area (Å²) in [6.07, 6.45) is 9.89. The van der Waals surface area contributed by atoms with Crippen LogP contribution in [0.25, 0.3) is 6.08 Å². The summed E-state index contributed by atoms with van der Waals surface area (Å²) in [5.41, 5.74) is 2.69. The van der Waals surface area contributed by atoms with E-state index in [4.69, 9.17) is 11.6 Å². The van der Waals surface area contributed by atoms with Gasteiger partial charge in [-0.05, 0) is 55.0 Å². The van der Waals surface area contributed by atoms with Crippen LogP contribution in [0, 0.1) is 11.3 Å². The summed E-state index contributed by atoms with van der Waals surface area (Å²) in [6.45, 7) is 0. The second-order valence-corrected chi connectivity index (χ2v) is 7.65. The summed E-state index contributed by atoms with van der Waals surface area (Å²) in [5, 5.41) is 13.8. The Morgan fingerprint density at radius 2 is 1.88 bits per heavy atom. The quantitative estimate of drug-likeness (QED) is 0.716. The number of aryl methyl sites for hydroxylation is 1. The van der Waals surface area contributed by atoms with Crippen molar-refractivity contribution in [3.05, 3.63) is 56.9 Å². The number of nitrogens with zero attached hydrogens (tertiary/aromatic N) is 1. The zero-order valence-electron chi connectivity index (χ0n) is 13.8. The van der Waals surface area contributed by atoms with E-state index < -0.39 is 0 Å². The number of anilines is 1. The van der Waals surface area contributed by atoms with Crippen LogP contribution in [-0.4, -0.2) is 5.91 Å². The van der Waals surface area contributed by atoms with Crippen LogP contribution in [0.2, 0.25) is 5.02 Å². The predicted molar refractivity (Wildman–Crippen MR) is 104 cm³/mol. The molecule has 1 aromatic heterocycles. The molecule has 1 heterocycles. The molecule has 0 atom stereocenters. The van der Waals surface area contributed by atoms with E-state index >= 15 is 0 Å². The first-order valence-corrected chi connectivity index (χ1v) is 9.66. The van der Waals surface area contributed by atoms with Crippen LogP contribution >= 0.6 is 22.9 Å². The van der Waals surface area contributed by atoms with Gasteiger partial charge < -0.3 is 5.32 Å². The Morgan fingerprint density at radius 3 is 2.60 bits per heavy atom. The van der Waals surface area contributed by atoms with Gasteiger partial charge in [0.1, 0.15) is 11.1 Å². The van der Waals surface area contributed by atoms with Gasteiger partial charge in [-0.1, -0.05) is 36.6 Å². The molecule has 1 aliphatic carbocycles. The first-order chi connectivity index (χ1) is 12.2. The van der Waals surface area contributed by atoms with E-state index in [2.05, 4.69) is 11.4 Å². The van der Waals surface area contributed by atoms with Crippen LogP contribution in [-0.2, 0) is 17.6 Å². The molecule has 3 nitrogen and oxygen atoms in total. The second-order valence-electron chi connectivity index (χ2n) is 6.11. The van der Waals surface area contributed by atoms with Crippen molar-refractivity contribution in [1.29, 1.82) is 5.26 Å². The van der Waals surface area contributed by atoms with Gasteiger partial charge in [0.25, 0.3) is 0 Å². The van der Waals surface area contributed by atoms with E-state index in [1.165, 1.54) is 23.8 Å².